The molecule has 1 aromatic heterocycles. The fourth-order valence-electron chi connectivity index (χ4n) is 3.47. The van der Waals surface area contributed by atoms with E-state index in [-0.39, 0.29) is 6.09 Å². The minimum absolute atomic E-state index is 0.224. The van der Waals surface area contributed by atoms with E-state index in [0.29, 0.717) is 19.6 Å². The molecule has 0 bridgehead atoms. The molecule has 2 N–H and O–H groups in total. The molecule has 0 radical (unpaired) electrons. The lowest BCUT2D eigenvalue weighted by Crippen LogP contribution is -2.50. The van der Waals surface area contributed by atoms with Crippen molar-refractivity contribution in [1.82, 2.24) is 4.90 Å². The van der Waals surface area contributed by atoms with E-state index < -0.39 is 5.60 Å². The number of aromatic nitrogens is 1. The monoisotopic (exact) mass is 423 g/mol. The van der Waals surface area contributed by atoms with Gasteiger partial charge in [-0.25, -0.2) is 9.36 Å². The van der Waals surface area contributed by atoms with E-state index in [1.807, 2.05) is 20.8 Å². The lowest BCUT2D eigenvalue weighted by molar-refractivity contribution is -0.697. The number of aryl methyl sites for hydroxylation is 1. The van der Waals surface area contributed by atoms with Crippen molar-refractivity contribution < 1.29 is 14.1 Å². The Bertz CT molecular complexity index is 862. The van der Waals surface area contributed by atoms with Gasteiger partial charge in [0.05, 0.1) is 0 Å². The molecule has 1 saturated heterocycles. The number of amides is 1. The summed E-state index contributed by atoms with van der Waals surface area (Å²) in [5.41, 5.74) is 8.63. The van der Waals surface area contributed by atoms with Gasteiger partial charge in [0.15, 0.2) is 12.4 Å². The van der Waals surface area contributed by atoms with Crippen LogP contribution < -0.4 is 15.2 Å². The maximum absolute atomic E-state index is 12.2. The van der Waals surface area contributed by atoms with Crippen LogP contribution in [-0.2, 0) is 11.3 Å². The first-order valence-corrected chi connectivity index (χ1v) is 11.0. The van der Waals surface area contributed by atoms with Crippen molar-refractivity contribution in [3.8, 4) is 0 Å². The van der Waals surface area contributed by atoms with E-state index in [0.717, 1.165) is 31.6 Å². The van der Waals surface area contributed by atoms with Crippen molar-refractivity contribution in [1.29, 1.82) is 0 Å². The van der Waals surface area contributed by atoms with Crippen LogP contribution >= 0.6 is 0 Å². The second kappa shape index (κ2) is 10.4. The second-order valence-electron chi connectivity index (χ2n) is 8.89. The highest BCUT2D eigenvalue weighted by molar-refractivity contribution is 5.71. The Morgan fingerprint density at radius 3 is 2.13 bits per heavy atom. The SMILES string of the molecule is CC(C)(C)OC(=O)N1CCN(c2ccc(/C=C/c3cc[n+](CCCN)cc3)cc2)CC1. The molecule has 1 amide bonds. The number of rotatable bonds is 6. The summed E-state index contributed by atoms with van der Waals surface area (Å²) < 4.78 is 7.63. The number of nitrogens with zero attached hydrogens (tertiary/aromatic N) is 3. The van der Waals surface area contributed by atoms with Crippen LogP contribution in [0.1, 0.15) is 38.3 Å². The lowest BCUT2D eigenvalue weighted by Gasteiger charge is -2.36. The summed E-state index contributed by atoms with van der Waals surface area (Å²) in [6, 6.07) is 12.8. The zero-order valence-corrected chi connectivity index (χ0v) is 19.0. The summed E-state index contributed by atoms with van der Waals surface area (Å²) in [5.74, 6) is 0. The predicted molar refractivity (Wildman–Crippen MR) is 126 cm³/mol. The normalized spacial score (nSPS) is 14.8. The number of carbonyl (C=O) groups is 1. The van der Waals surface area contributed by atoms with Crippen LogP contribution in [-0.4, -0.2) is 49.3 Å². The molecular weight excluding hydrogens is 388 g/mol. The van der Waals surface area contributed by atoms with E-state index in [1.165, 1.54) is 11.3 Å². The van der Waals surface area contributed by atoms with Gasteiger partial charge < -0.3 is 20.3 Å². The molecule has 2 aromatic rings. The predicted octanol–water partition coefficient (Wildman–Crippen LogP) is 3.55. The van der Waals surface area contributed by atoms with E-state index in [2.05, 4.69) is 70.4 Å². The summed E-state index contributed by atoms with van der Waals surface area (Å²) in [5, 5.41) is 0. The molecule has 3 rings (SSSR count). The second-order valence-corrected chi connectivity index (χ2v) is 8.89. The largest absolute Gasteiger partial charge is 0.444 e. The molecule has 6 nitrogen and oxygen atoms in total. The molecule has 1 fully saturated rings. The Morgan fingerprint density at radius 2 is 1.58 bits per heavy atom. The van der Waals surface area contributed by atoms with Crippen LogP contribution in [0.4, 0.5) is 10.5 Å². The minimum Gasteiger partial charge on any atom is -0.444 e. The van der Waals surface area contributed by atoms with Crippen molar-refractivity contribution in [3.05, 3.63) is 59.9 Å². The number of benzene rings is 1. The van der Waals surface area contributed by atoms with Gasteiger partial charge in [-0.05, 0) is 50.6 Å². The van der Waals surface area contributed by atoms with Crippen molar-refractivity contribution in [2.24, 2.45) is 5.73 Å². The van der Waals surface area contributed by atoms with Crippen LogP contribution in [0.3, 0.4) is 0 Å². The van der Waals surface area contributed by atoms with Gasteiger partial charge in [-0.15, -0.1) is 0 Å². The van der Waals surface area contributed by atoms with Crippen molar-refractivity contribution in [2.75, 3.05) is 37.6 Å². The Morgan fingerprint density at radius 1 is 1.00 bits per heavy atom. The van der Waals surface area contributed by atoms with Crippen LogP contribution in [0.5, 0.6) is 0 Å². The Labute approximate surface area is 185 Å². The molecule has 0 atom stereocenters. The van der Waals surface area contributed by atoms with E-state index in [9.17, 15) is 4.79 Å². The van der Waals surface area contributed by atoms with Gasteiger partial charge in [-0.1, -0.05) is 24.3 Å². The lowest BCUT2D eigenvalue weighted by atomic mass is 10.1. The fourth-order valence-corrected chi connectivity index (χ4v) is 3.47. The number of anilines is 1. The van der Waals surface area contributed by atoms with Crippen LogP contribution in [0.2, 0.25) is 0 Å². The molecule has 6 heteroatoms. The first-order valence-electron chi connectivity index (χ1n) is 11.0. The van der Waals surface area contributed by atoms with Gasteiger partial charge >= 0.3 is 6.09 Å². The Kier molecular flexibility index (Phi) is 7.69. The zero-order chi connectivity index (χ0) is 22.3. The highest BCUT2D eigenvalue weighted by Crippen LogP contribution is 2.19. The third-order valence-corrected chi connectivity index (χ3v) is 5.20. The molecule has 0 aliphatic carbocycles. The van der Waals surface area contributed by atoms with E-state index in [1.54, 1.807) is 4.90 Å². The summed E-state index contributed by atoms with van der Waals surface area (Å²) in [6.45, 7) is 10.3. The first-order chi connectivity index (χ1) is 14.8. The summed E-state index contributed by atoms with van der Waals surface area (Å²) in [7, 11) is 0. The Hall–Kier alpha value is -2.86. The molecule has 1 aliphatic heterocycles. The van der Waals surface area contributed by atoms with Crippen molar-refractivity contribution in [3.63, 3.8) is 0 Å². The van der Waals surface area contributed by atoms with Gasteiger partial charge in [0.2, 0.25) is 0 Å². The number of pyridine rings is 1. The molecule has 166 valence electrons. The van der Waals surface area contributed by atoms with E-state index in [4.69, 9.17) is 10.5 Å². The smallest absolute Gasteiger partial charge is 0.410 e. The maximum Gasteiger partial charge on any atom is 0.410 e. The summed E-state index contributed by atoms with van der Waals surface area (Å²) in [4.78, 5) is 16.3. The highest BCUT2D eigenvalue weighted by atomic mass is 16.6. The Balaban J connectivity index is 1.51. The first kappa shape index (κ1) is 22.8. The molecule has 2 heterocycles. The molecule has 0 spiro atoms. The molecule has 0 saturated carbocycles. The van der Waals surface area contributed by atoms with Crippen molar-refractivity contribution in [2.45, 2.75) is 39.3 Å². The molecular formula is C25H35N4O2+. The average molecular weight is 424 g/mol. The topological polar surface area (TPSA) is 62.7 Å². The van der Waals surface area contributed by atoms with Crippen LogP contribution in [0.15, 0.2) is 48.8 Å². The quantitative estimate of drug-likeness (QED) is 0.722. The summed E-state index contributed by atoms with van der Waals surface area (Å²) in [6.07, 6.45) is 9.21. The molecule has 31 heavy (non-hydrogen) atoms. The number of hydrogen-bond donors (Lipinski definition) is 1. The average Bonchev–Trinajstić information content (AvgIpc) is 2.76. The molecule has 1 aliphatic rings. The number of carbonyl (C=O) groups excluding carboxylic acids is 1. The number of ether oxygens (including phenoxy) is 1. The third-order valence-electron chi connectivity index (χ3n) is 5.20. The highest BCUT2D eigenvalue weighted by Gasteiger charge is 2.25. The standard InChI is InChI=1S/C25H35N4O2/c1-25(2,3)31-24(30)29-19-17-28(18-20-29)23-9-7-21(8-10-23)5-6-22-11-15-27(16-12-22)14-4-13-26/h5-12,15-16H,4,13-14,17-20,26H2,1-3H3/q+1. The number of hydrogen-bond acceptors (Lipinski definition) is 4. The zero-order valence-electron chi connectivity index (χ0n) is 19.0. The number of nitrogens with two attached hydrogens (primary N) is 1. The van der Waals surface area contributed by atoms with Crippen molar-refractivity contribution >= 4 is 23.9 Å². The number of piperazine rings is 1. The maximum atomic E-state index is 12.2. The summed E-state index contributed by atoms with van der Waals surface area (Å²) >= 11 is 0. The van der Waals surface area contributed by atoms with Crippen LogP contribution in [0, 0.1) is 0 Å². The van der Waals surface area contributed by atoms with Crippen LogP contribution in [0.25, 0.3) is 12.2 Å². The van der Waals surface area contributed by atoms with Gasteiger partial charge in [0, 0.05) is 50.4 Å². The minimum atomic E-state index is -0.455. The van der Waals surface area contributed by atoms with Gasteiger partial charge in [0.25, 0.3) is 0 Å². The van der Waals surface area contributed by atoms with Gasteiger partial charge in [-0.2, -0.15) is 0 Å². The molecule has 0 unspecified atom stereocenters. The molecule has 1 aromatic carbocycles. The van der Waals surface area contributed by atoms with E-state index >= 15 is 0 Å². The fraction of sp³-hybridized carbons (Fsp3) is 0.440. The van der Waals surface area contributed by atoms with Gasteiger partial charge in [-0.3, -0.25) is 0 Å². The van der Waals surface area contributed by atoms with Gasteiger partial charge in [0.1, 0.15) is 12.1 Å². The third kappa shape index (κ3) is 7.10.